The smallest absolute Gasteiger partial charge is 0.272 e. The van der Waals surface area contributed by atoms with Crippen LogP contribution < -0.4 is 4.74 Å². The second-order valence-corrected chi connectivity index (χ2v) is 7.65. The van der Waals surface area contributed by atoms with Crippen LogP contribution in [0.2, 0.25) is 0 Å². The van der Waals surface area contributed by atoms with Crippen LogP contribution in [0.4, 0.5) is 4.39 Å². The molecule has 1 saturated heterocycles. The molecule has 0 saturated carbocycles. The van der Waals surface area contributed by atoms with Crippen molar-refractivity contribution in [2.75, 3.05) is 32.8 Å². The highest BCUT2D eigenvalue weighted by molar-refractivity contribution is 5.92. The van der Waals surface area contributed by atoms with Crippen molar-refractivity contribution < 1.29 is 18.7 Å². The van der Waals surface area contributed by atoms with Crippen molar-refractivity contribution in [3.05, 3.63) is 84.0 Å². The van der Waals surface area contributed by atoms with E-state index in [-0.39, 0.29) is 36.5 Å². The van der Waals surface area contributed by atoms with Gasteiger partial charge in [-0.1, -0.05) is 12.1 Å². The van der Waals surface area contributed by atoms with E-state index in [0.29, 0.717) is 56.3 Å². The lowest BCUT2D eigenvalue weighted by atomic mass is 10.1. The fraction of sp³-hybridized carbons (Fsp3) is 0.292. The summed E-state index contributed by atoms with van der Waals surface area (Å²) in [5.41, 5.74) is 1.80. The van der Waals surface area contributed by atoms with Gasteiger partial charge in [-0.2, -0.15) is 0 Å². The van der Waals surface area contributed by atoms with E-state index in [1.165, 1.54) is 18.3 Å². The Labute approximate surface area is 203 Å². The van der Waals surface area contributed by atoms with E-state index in [1.807, 2.05) is 6.07 Å². The van der Waals surface area contributed by atoms with Crippen LogP contribution >= 0.6 is 12.4 Å². The molecular formula is C24H25ClFN5O3. The molecule has 2 amide bonds. The highest BCUT2D eigenvalue weighted by atomic mass is 35.5. The maximum atomic E-state index is 13.2. The summed E-state index contributed by atoms with van der Waals surface area (Å²) in [7, 11) is 0. The van der Waals surface area contributed by atoms with Gasteiger partial charge in [-0.3, -0.25) is 19.6 Å². The van der Waals surface area contributed by atoms with Gasteiger partial charge < -0.3 is 14.5 Å². The Kier molecular flexibility index (Phi) is 8.86. The largest absolute Gasteiger partial charge is 0.492 e. The fourth-order valence-electron chi connectivity index (χ4n) is 3.58. The number of amides is 2. The molecule has 0 N–H and O–H groups in total. The average molecular weight is 486 g/mol. The zero-order chi connectivity index (χ0) is 23.0. The van der Waals surface area contributed by atoms with Gasteiger partial charge in [0.1, 0.15) is 17.3 Å². The Morgan fingerprint density at radius 2 is 1.76 bits per heavy atom. The molecule has 10 heteroatoms. The van der Waals surface area contributed by atoms with Crippen LogP contribution in [-0.2, 0) is 17.6 Å². The SMILES string of the molecule is Cl.O=C(Cc1cnccn1)N1CCN(C(=O)c2ccc(OCCc3cccc(F)c3)cn2)CC1. The maximum absolute atomic E-state index is 13.2. The van der Waals surface area contributed by atoms with Gasteiger partial charge in [0, 0.05) is 51.2 Å². The first-order valence-corrected chi connectivity index (χ1v) is 10.7. The Morgan fingerprint density at radius 1 is 0.971 bits per heavy atom. The van der Waals surface area contributed by atoms with E-state index in [1.54, 1.807) is 46.6 Å². The first kappa shape index (κ1) is 25.0. The van der Waals surface area contributed by atoms with Crippen LogP contribution in [0.3, 0.4) is 0 Å². The van der Waals surface area contributed by atoms with Crippen LogP contribution in [-0.4, -0.2) is 69.4 Å². The molecule has 0 unspecified atom stereocenters. The molecule has 178 valence electrons. The molecule has 8 nitrogen and oxygen atoms in total. The lowest BCUT2D eigenvalue weighted by molar-refractivity contribution is -0.132. The minimum absolute atomic E-state index is 0. The summed E-state index contributed by atoms with van der Waals surface area (Å²) in [5, 5.41) is 0. The van der Waals surface area contributed by atoms with Crippen LogP contribution in [0, 0.1) is 5.82 Å². The van der Waals surface area contributed by atoms with Gasteiger partial charge in [0.15, 0.2) is 0 Å². The summed E-state index contributed by atoms with van der Waals surface area (Å²) >= 11 is 0. The van der Waals surface area contributed by atoms with Gasteiger partial charge in [-0.25, -0.2) is 9.37 Å². The molecule has 1 aromatic carbocycles. The third kappa shape index (κ3) is 6.71. The van der Waals surface area contributed by atoms with Crippen molar-refractivity contribution in [2.24, 2.45) is 0 Å². The molecule has 34 heavy (non-hydrogen) atoms. The van der Waals surface area contributed by atoms with E-state index in [4.69, 9.17) is 4.74 Å². The Balaban J connectivity index is 0.00000324. The monoisotopic (exact) mass is 485 g/mol. The number of hydrogen-bond donors (Lipinski definition) is 0. The molecule has 1 aliphatic rings. The van der Waals surface area contributed by atoms with Crippen molar-refractivity contribution in [1.82, 2.24) is 24.8 Å². The van der Waals surface area contributed by atoms with Crippen LogP contribution in [0.25, 0.3) is 0 Å². The summed E-state index contributed by atoms with van der Waals surface area (Å²) in [6.07, 6.45) is 6.99. The minimum Gasteiger partial charge on any atom is -0.492 e. The first-order valence-electron chi connectivity index (χ1n) is 10.7. The number of carbonyl (C=O) groups excluding carboxylic acids is 2. The van der Waals surface area contributed by atoms with Gasteiger partial charge in [0.25, 0.3) is 5.91 Å². The zero-order valence-electron chi connectivity index (χ0n) is 18.5. The van der Waals surface area contributed by atoms with E-state index >= 15 is 0 Å². The standard InChI is InChI=1S/C24H24FN5O3.ClH/c25-19-3-1-2-18(14-19)6-13-33-21-4-5-22(28-17-21)24(32)30-11-9-29(10-12-30)23(31)15-20-16-26-7-8-27-20;/h1-5,7-8,14,16-17H,6,9-13,15H2;1H. The first-order chi connectivity index (χ1) is 16.1. The lowest BCUT2D eigenvalue weighted by Crippen LogP contribution is -2.51. The van der Waals surface area contributed by atoms with E-state index in [0.717, 1.165) is 5.56 Å². The van der Waals surface area contributed by atoms with Gasteiger partial charge >= 0.3 is 0 Å². The van der Waals surface area contributed by atoms with Crippen LogP contribution in [0.5, 0.6) is 5.75 Å². The second kappa shape index (κ2) is 12.0. The Hall–Kier alpha value is -3.59. The zero-order valence-corrected chi connectivity index (χ0v) is 19.3. The van der Waals surface area contributed by atoms with Gasteiger partial charge in [-0.15, -0.1) is 12.4 Å². The predicted molar refractivity (Wildman–Crippen MR) is 125 cm³/mol. The molecule has 0 spiro atoms. The molecule has 0 aliphatic carbocycles. The topological polar surface area (TPSA) is 88.5 Å². The quantitative estimate of drug-likeness (QED) is 0.511. The summed E-state index contributed by atoms with van der Waals surface area (Å²) in [4.78, 5) is 41.0. The van der Waals surface area contributed by atoms with E-state index in [9.17, 15) is 14.0 Å². The molecular weight excluding hydrogens is 461 g/mol. The number of ether oxygens (including phenoxy) is 1. The Bertz CT molecular complexity index is 1090. The van der Waals surface area contributed by atoms with Crippen molar-refractivity contribution >= 4 is 24.2 Å². The number of piperazine rings is 1. The van der Waals surface area contributed by atoms with Crippen molar-refractivity contribution in [1.29, 1.82) is 0 Å². The average Bonchev–Trinajstić information content (AvgIpc) is 2.85. The number of carbonyl (C=O) groups is 2. The molecule has 3 heterocycles. The summed E-state index contributed by atoms with van der Waals surface area (Å²) in [6.45, 7) is 2.19. The highest BCUT2D eigenvalue weighted by Crippen LogP contribution is 2.14. The molecule has 0 radical (unpaired) electrons. The summed E-state index contributed by atoms with van der Waals surface area (Å²) in [5.74, 6) is 0.0675. The second-order valence-electron chi connectivity index (χ2n) is 7.65. The maximum Gasteiger partial charge on any atom is 0.272 e. The third-order valence-electron chi connectivity index (χ3n) is 5.37. The van der Waals surface area contributed by atoms with Gasteiger partial charge in [-0.05, 0) is 29.8 Å². The molecule has 1 aliphatic heterocycles. The lowest BCUT2D eigenvalue weighted by Gasteiger charge is -2.34. The molecule has 0 bridgehead atoms. The van der Waals surface area contributed by atoms with Crippen LogP contribution in [0.1, 0.15) is 21.7 Å². The third-order valence-corrected chi connectivity index (χ3v) is 5.37. The van der Waals surface area contributed by atoms with Crippen molar-refractivity contribution in [3.8, 4) is 5.75 Å². The number of halogens is 2. The molecule has 1 fully saturated rings. The normalized spacial score (nSPS) is 13.2. The number of aromatic nitrogens is 3. The number of pyridine rings is 1. The summed E-state index contributed by atoms with van der Waals surface area (Å²) < 4.78 is 18.9. The van der Waals surface area contributed by atoms with Crippen LogP contribution in [0.15, 0.2) is 61.2 Å². The highest BCUT2D eigenvalue weighted by Gasteiger charge is 2.25. The van der Waals surface area contributed by atoms with E-state index in [2.05, 4.69) is 15.0 Å². The molecule has 4 rings (SSSR count). The van der Waals surface area contributed by atoms with Crippen molar-refractivity contribution in [2.45, 2.75) is 12.8 Å². The molecule has 0 atom stereocenters. The molecule has 2 aromatic heterocycles. The number of hydrogen-bond acceptors (Lipinski definition) is 6. The van der Waals surface area contributed by atoms with Gasteiger partial charge in [0.05, 0.1) is 24.9 Å². The Morgan fingerprint density at radius 3 is 2.44 bits per heavy atom. The van der Waals surface area contributed by atoms with E-state index < -0.39 is 0 Å². The molecule has 3 aromatic rings. The van der Waals surface area contributed by atoms with Crippen molar-refractivity contribution in [3.63, 3.8) is 0 Å². The van der Waals surface area contributed by atoms with Gasteiger partial charge in [0.2, 0.25) is 5.91 Å². The number of rotatable bonds is 7. The fourth-order valence-corrected chi connectivity index (χ4v) is 3.58. The number of nitrogens with zero attached hydrogens (tertiary/aromatic N) is 5. The predicted octanol–water partition coefficient (Wildman–Crippen LogP) is 2.58. The minimum atomic E-state index is -0.271. The summed E-state index contributed by atoms with van der Waals surface area (Å²) in [6, 6.07) is 9.72. The number of benzene rings is 1.